The van der Waals surface area contributed by atoms with Crippen molar-refractivity contribution >= 4 is 17.5 Å². The van der Waals surface area contributed by atoms with Crippen molar-refractivity contribution < 1.29 is 14.7 Å². The fourth-order valence-corrected chi connectivity index (χ4v) is 4.97. The molecule has 0 aliphatic heterocycles. The molecule has 0 bridgehead atoms. The number of amides is 2. The molecule has 0 radical (unpaired) electrons. The molecule has 1 heterocycles. The molecule has 0 spiro atoms. The molecule has 4 aromatic rings. The summed E-state index contributed by atoms with van der Waals surface area (Å²) < 4.78 is 1.94. The molecule has 0 saturated carbocycles. The number of carbonyl (C=O) groups is 2. The van der Waals surface area contributed by atoms with Gasteiger partial charge in [-0.15, -0.1) is 0 Å². The Hall–Kier alpha value is -4.59. The van der Waals surface area contributed by atoms with Gasteiger partial charge in [-0.1, -0.05) is 57.2 Å². The molecule has 1 aromatic heterocycles. The predicted octanol–water partition coefficient (Wildman–Crippen LogP) is 5.53. The lowest BCUT2D eigenvalue weighted by atomic mass is 9.87. The Morgan fingerprint density at radius 3 is 2.33 bits per heavy atom. The lowest BCUT2D eigenvalue weighted by Crippen LogP contribution is -2.45. The topological polar surface area (TPSA) is 113 Å². The number of nitrogens with zero attached hydrogens (tertiary/aromatic N) is 3. The van der Waals surface area contributed by atoms with Crippen molar-refractivity contribution in [1.82, 2.24) is 15.1 Å². The van der Waals surface area contributed by atoms with Crippen molar-refractivity contribution in [3.63, 3.8) is 0 Å². The summed E-state index contributed by atoms with van der Waals surface area (Å²) in [5, 5.41) is 17.3. The summed E-state index contributed by atoms with van der Waals surface area (Å²) >= 11 is 0. The standard InChI is InChI=1S/C35H43N5O3/c1-35(2,3)27-15-17-28(18-16-27)40-23-26(33(38-40)25-10-8-11-29(22-25)39(4)5)9-6-7-12-32(42)37-31(34(36)43)21-24-13-19-30(41)20-14-24/h8,10-11,13-20,22-23,31,41H,6-7,9,12,21H2,1-5H3,(H2,36,43)(H,37,42)/t31-/m0/s1. The Balaban J connectivity index is 1.45. The molecule has 3 aromatic carbocycles. The summed E-state index contributed by atoms with van der Waals surface area (Å²) in [6, 6.07) is 22.6. The quantitative estimate of drug-likeness (QED) is 0.190. The third kappa shape index (κ3) is 8.47. The molecule has 2 amide bonds. The second kappa shape index (κ2) is 13.6. The van der Waals surface area contributed by atoms with Crippen LogP contribution in [0.2, 0.25) is 0 Å². The molecule has 8 heteroatoms. The van der Waals surface area contributed by atoms with Crippen LogP contribution in [0.25, 0.3) is 16.9 Å². The van der Waals surface area contributed by atoms with Crippen LogP contribution in [0.4, 0.5) is 5.69 Å². The number of aryl methyl sites for hydroxylation is 1. The molecule has 0 fully saturated rings. The lowest BCUT2D eigenvalue weighted by molar-refractivity contribution is -0.127. The highest BCUT2D eigenvalue weighted by atomic mass is 16.3. The Labute approximate surface area is 254 Å². The molecule has 226 valence electrons. The minimum absolute atomic E-state index is 0.0703. The van der Waals surface area contributed by atoms with Crippen molar-refractivity contribution in [2.45, 2.75) is 64.3 Å². The number of phenols is 1. The summed E-state index contributed by atoms with van der Waals surface area (Å²) in [7, 11) is 4.04. The number of aromatic hydroxyl groups is 1. The van der Waals surface area contributed by atoms with Gasteiger partial charge in [0.25, 0.3) is 0 Å². The third-order valence-electron chi connectivity index (χ3n) is 7.58. The van der Waals surface area contributed by atoms with Gasteiger partial charge in [0.2, 0.25) is 11.8 Å². The highest BCUT2D eigenvalue weighted by Gasteiger charge is 2.19. The maximum Gasteiger partial charge on any atom is 0.240 e. The first-order valence-corrected chi connectivity index (χ1v) is 14.7. The minimum atomic E-state index is -0.810. The molecule has 4 N–H and O–H groups in total. The third-order valence-corrected chi connectivity index (χ3v) is 7.58. The van der Waals surface area contributed by atoms with Crippen LogP contribution in [0.15, 0.2) is 79.0 Å². The van der Waals surface area contributed by atoms with Crippen LogP contribution in [0.5, 0.6) is 5.75 Å². The van der Waals surface area contributed by atoms with Crippen LogP contribution >= 0.6 is 0 Å². The number of carbonyl (C=O) groups excluding carboxylic acids is 2. The van der Waals surface area contributed by atoms with Crippen molar-refractivity contribution in [1.29, 1.82) is 0 Å². The van der Waals surface area contributed by atoms with Gasteiger partial charge in [0.1, 0.15) is 11.8 Å². The highest BCUT2D eigenvalue weighted by Crippen LogP contribution is 2.29. The number of hydrogen-bond acceptors (Lipinski definition) is 5. The molecule has 1 atom stereocenters. The SMILES string of the molecule is CN(C)c1cccc(-c2nn(-c3ccc(C(C)(C)C)cc3)cc2CCCCC(=O)N[C@@H](Cc2ccc(O)cc2)C(N)=O)c1. The van der Waals surface area contributed by atoms with Gasteiger partial charge in [0.15, 0.2) is 0 Å². The lowest BCUT2D eigenvalue weighted by Gasteiger charge is -2.19. The molecule has 8 nitrogen and oxygen atoms in total. The predicted molar refractivity (Wildman–Crippen MR) is 173 cm³/mol. The number of benzene rings is 3. The maximum atomic E-state index is 12.7. The smallest absolute Gasteiger partial charge is 0.240 e. The number of anilines is 1. The molecule has 0 saturated heterocycles. The number of nitrogens with one attached hydrogen (secondary N) is 1. The highest BCUT2D eigenvalue weighted by molar-refractivity contribution is 5.86. The largest absolute Gasteiger partial charge is 0.508 e. The van der Waals surface area contributed by atoms with Gasteiger partial charge in [-0.25, -0.2) is 4.68 Å². The number of unbranched alkanes of at least 4 members (excludes halogenated alkanes) is 1. The van der Waals surface area contributed by atoms with E-state index in [0.717, 1.165) is 46.6 Å². The van der Waals surface area contributed by atoms with Gasteiger partial charge < -0.3 is 21.1 Å². The fourth-order valence-electron chi connectivity index (χ4n) is 4.97. The average molecular weight is 582 g/mol. The minimum Gasteiger partial charge on any atom is -0.508 e. The number of nitrogens with two attached hydrogens (primary N) is 1. The van der Waals surface area contributed by atoms with E-state index in [0.29, 0.717) is 6.42 Å². The van der Waals surface area contributed by atoms with Gasteiger partial charge in [0.05, 0.1) is 11.4 Å². The van der Waals surface area contributed by atoms with Crippen LogP contribution in [-0.4, -0.2) is 46.8 Å². The van der Waals surface area contributed by atoms with Gasteiger partial charge in [0, 0.05) is 44.4 Å². The number of rotatable bonds is 12. The summed E-state index contributed by atoms with van der Waals surface area (Å²) in [6.07, 6.45) is 4.83. The van der Waals surface area contributed by atoms with Gasteiger partial charge >= 0.3 is 0 Å². The molecule has 43 heavy (non-hydrogen) atoms. The molecule has 0 aliphatic rings. The van der Waals surface area contributed by atoms with Crippen LogP contribution in [0.1, 0.15) is 56.7 Å². The van der Waals surface area contributed by atoms with E-state index in [1.54, 1.807) is 24.3 Å². The molecule has 0 aliphatic carbocycles. The molecular weight excluding hydrogens is 538 g/mol. The van der Waals surface area contributed by atoms with Crippen molar-refractivity contribution in [2.24, 2.45) is 5.73 Å². The fraction of sp³-hybridized carbons (Fsp3) is 0.343. The Morgan fingerprint density at radius 1 is 1.00 bits per heavy atom. The van der Waals surface area contributed by atoms with Gasteiger partial charge in [-0.2, -0.15) is 5.10 Å². The molecular formula is C35H43N5O3. The van der Waals surface area contributed by atoms with Gasteiger partial charge in [-0.05, 0) is 77.8 Å². The summed E-state index contributed by atoms with van der Waals surface area (Å²) in [6.45, 7) is 6.61. The summed E-state index contributed by atoms with van der Waals surface area (Å²) in [4.78, 5) is 26.8. The van der Waals surface area contributed by atoms with E-state index < -0.39 is 11.9 Å². The first kappa shape index (κ1) is 31.3. The number of hydrogen-bond donors (Lipinski definition) is 3. The Bertz CT molecular complexity index is 1530. The normalized spacial score (nSPS) is 12.1. The number of aromatic nitrogens is 2. The van der Waals surface area contributed by atoms with E-state index in [-0.39, 0.29) is 29.9 Å². The zero-order chi connectivity index (χ0) is 31.1. The van der Waals surface area contributed by atoms with E-state index in [9.17, 15) is 14.7 Å². The van der Waals surface area contributed by atoms with E-state index in [4.69, 9.17) is 10.8 Å². The Morgan fingerprint density at radius 2 is 1.70 bits per heavy atom. The number of phenolic OH excluding ortho intramolecular Hbond substituents is 1. The van der Waals surface area contributed by atoms with Crippen molar-refractivity contribution in [2.75, 3.05) is 19.0 Å². The summed E-state index contributed by atoms with van der Waals surface area (Å²) in [5.74, 6) is -0.661. The van der Waals surface area contributed by atoms with E-state index in [1.807, 2.05) is 24.8 Å². The first-order valence-electron chi connectivity index (χ1n) is 14.7. The van der Waals surface area contributed by atoms with E-state index in [2.05, 4.69) is 79.6 Å². The monoisotopic (exact) mass is 581 g/mol. The van der Waals surface area contributed by atoms with Crippen LogP contribution in [0.3, 0.4) is 0 Å². The zero-order valence-electron chi connectivity index (χ0n) is 25.8. The van der Waals surface area contributed by atoms with E-state index in [1.165, 1.54) is 5.56 Å². The second-order valence-electron chi connectivity index (χ2n) is 12.3. The Kier molecular flexibility index (Phi) is 9.91. The van der Waals surface area contributed by atoms with Crippen molar-refractivity contribution in [3.05, 3.63) is 95.7 Å². The second-order valence-corrected chi connectivity index (χ2v) is 12.3. The number of primary amides is 1. The zero-order valence-corrected chi connectivity index (χ0v) is 25.8. The van der Waals surface area contributed by atoms with Crippen LogP contribution < -0.4 is 16.0 Å². The van der Waals surface area contributed by atoms with Crippen molar-refractivity contribution in [3.8, 4) is 22.7 Å². The summed E-state index contributed by atoms with van der Waals surface area (Å²) in [5.41, 5.74) is 12.9. The maximum absolute atomic E-state index is 12.7. The average Bonchev–Trinajstić information content (AvgIpc) is 3.40. The van der Waals surface area contributed by atoms with Gasteiger partial charge in [-0.3, -0.25) is 9.59 Å². The first-order chi connectivity index (χ1) is 20.4. The molecule has 4 rings (SSSR count). The van der Waals surface area contributed by atoms with E-state index >= 15 is 0 Å². The van der Waals surface area contributed by atoms with Crippen LogP contribution in [-0.2, 0) is 27.8 Å². The van der Waals surface area contributed by atoms with Crippen LogP contribution in [0, 0.1) is 0 Å². The molecule has 0 unspecified atom stereocenters.